The Kier molecular flexibility index (Phi) is 3.40. The average molecular weight is 274 g/mol. The summed E-state index contributed by atoms with van der Waals surface area (Å²) >= 11 is 0. The lowest BCUT2D eigenvalue weighted by Gasteiger charge is -2.48. The molecular formula is C14H24F2N2O. The molecule has 2 heterocycles. The Hall–Kier alpha value is -0.710. The summed E-state index contributed by atoms with van der Waals surface area (Å²) in [5.41, 5.74) is -1.21. The molecule has 5 heteroatoms. The maximum absolute atomic E-state index is 14.1. The van der Waals surface area contributed by atoms with E-state index in [0.717, 1.165) is 0 Å². The zero-order chi connectivity index (χ0) is 14.5. The van der Waals surface area contributed by atoms with Crippen molar-refractivity contribution in [3.05, 3.63) is 0 Å². The van der Waals surface area contributed by atoms with Crippen LogP contribution in [0.15, 0.2) is 0 Å². The van der Waals surface area contributed by atoms with Gasteiger partial charge in [-0.15, -0.1) is 0 Å². The molecule has 0 aromatic carbocycles. The van der Waals surface area contributed by atoms with Gasteiger partial charge in [0.25, 0.3) is 5.92 Å². The Balaban J connectivity index is 2.29. The molecule has 1 atom stereocenters. The molecule has 1 amide bonds. The lowest BCUT2D eigenvalue weighted by atomic mass is 9.75. The molecule has 0 saturated carbocycles. The van der Waals surface area contributed by atoms with E-state index in [0.29, 0.717) is 26.1 Å². The second-order valence-corrected chi connectivity index (χ2v) is 6.97. The maximum Gasteiger partial charge on any atom is 0.261 e. The molecule has 1 unspecified atom stereocenters. The number of rotatable bonds is 1. The van der Waals surface area contributed by atoms with Gasteiger partial charge in [0.2, 0.25) is 5.91 Å². The maximum atomic E-state index is 14.1. The fourth-order valence-electron chi connectivity index (χ4n) is 3.29. The van der Waals surface area contributed by atoms with Crippen LogP contribution in [0.3, 0.4) is 0 Å². The molecule has 0 aromatic heterocycles. The minimum absolute atomic E-state index is 0.0800. The predicted octanol–water partition coefficient (Wildman–Crippen LogP) is 2.36. The number of amides is 1. The molecule has 3 nitrogen and oxygen atoms in total. The standard InChI is InChI=1S/C14H24F2N2O/c1-5-17-7-6-13(11(17)19)8-14(15,16)10-18(9-13)12(2,3)4/h5-10H2,1-4H3. The number of nitrogens with zero attached hydrogens (tertiary/aromatic N) is 2. The van der Waals surface area contributed by atoms with E-state index in [2.05, 4.69) is 0 Å². The highest BCUT2D eigenvalue weighted by atomic mass is 19.3. The minimum Gasteiger partial charge on any atom is -0.342 e. The number of piperidine rings is 1. The smallest absolute Gasteiger partial charge is 0.261 e. The highest BCUT2D eigenvalue weighted by molar-refractivity contribution is 5.85. The van der Waals surface area contributed by atoms with Crippen LogP contribution >= 0.6 is 0 Å². The van der Waals surface area contributed by atoms with Gasteiger partial charge in [-0.1, -0.05) is 0 Å². The minimum atomic E-state index is -2.77. The zero-order valence-corrected chi connectivity index (χ0v) is 12.3. The number of alkyl halides is 2. The van der Waals surface area contributed by atoms with E-state index in [1.165, 1.54) is 0 Å². The van der Waals surface area contributed by atoms with Crippen LogP contribution in [0.5, 0.6) is 0 Å². The Labute approximate surface area is 113 Å². The van der Waals surface area contributed by atoms with E-state index in [9.17, 15) is 13.6 Å². The molecule has 0 radical (unpaired) electrons. The molecule has 110 valence electrons. The molecule has 0 bridgehead atoms. The van der Waals surface area contributed by atoms with Crippen molar-refractivity contribution in [2.75, 3.05) is 26.2 Å². The van der Waals surface area contributed by atoms with Gasteiger partial charge in [-0.3, -0.25) is 9.69 Å². The number of carbonyl (C=O) groups is 1. The van der Waals surface area contributed by atoms with Crippen molar-refractivity contribution < 1.29 is 13.6 Å². The number of halogens is 2. The zero-order valence-electron chi connectivity index (χ0n) is 12.3. The third kappa shape index (κ3) is 2.62. The van der Waals surface area contributed by atoms with Gasteiger partial charge in [-0.2, -0.15) is 0 Å². The van der Waals surface area contributed by atoms with Crippen LogP contribution in [-0.2, 0) is 4.79 Å². The van der Waals surface area contributed by atoms with Gasteiger partial charge in [-0.25, -0.2) is 8.78 Å². The summed E-state index contributed by atoms with van der Waals surface area (Å²) in [6.07, 6.45) is 0.268. The summed E-state index contributed by atoms with van der Waals surface area (Å²) < 4.78 is 28.1. The molecule has 1 spiro atoms. The fraction of sp³-hybridized carbons (Fsp3) is 0.929. The second kappa shape index (κ2) is 4.40. The van der Waals surface area contributed by atoms with Crippen molar-refractivity contribution in [2.24, 2.45) is 5.41 Å². The monoisotopic (exact) mass is 274 g/mol. The lowest BCUT2D eigenvalue weighted by Crippen LogP contribution is -2.60. The molecule has 2 aliphatic rings. The van der Waals surface area contributed by atoms with E-state index >= 15 is 0 Å². The van der Waals surface area contributed by atoms with Crippen LogP contribution in [-0.4, -0.2) is 53.3 Å². The summed E-state index contributed by atoms with van der Waals surface area (Å²) in [5.74, 6) is -2.85. The highest BCUT2D eigenvalue weighted by Crippen LogP contribution is 2.46. The quantitative estimate of drug-likeness (QED) is 0.733. The fourth-order valence-corrected chi connectivity index (χ4v) is 3.29. The Morgan fingerprint density at radius 1 is 1.26 bits per heavy atom. The van der Waals surface area contributed by atoms with E-state index in [4.69, 9.17) is 0 Å². The van der Waals surface area contributed by atoms with Crippen molar-refractivity contribution in [1.29, 1.82) is 0 Å². The van der Waals surface area contributed by atoms with Crippen LogP contribution in [0.1, 0.15) is 40.5 Å². The number of hydrogen-bond acceptors (Lipinski definition) is 2. The Morgan fingerprint density at radius 2 is 1.89 bits per heavy atom. The second-order valence-electron chi connectivity index (χ2n) is 6.97. The van der Waals surface area contributed by atoms with E-state index < -0.39 is 11.3 Å². The molecule has 2 saturated heterocycles. The lowest BCUT2D eigenvalue weighted by molar-refractivity contribution is -0.161. The van der Waals surface area contributed by atoms with Crippen molar-refractivity contribution in [3.63, 3.8) is 0 Å². The molecule has 0 aliphatic carbocycles. The van der Waals surface area contributed by atoms with Gasteiger partial charge >= 0.3 is 0 Å². The van der Waals surface area contributed by atoms with Crippen molar-refractivity contribution in [3.8, 4) is 0 Å². The van der Waals surface area contributed by atoms with Crippen molar-refractivity contribution >= 4 is 5.91 Å². The van der Waals surface area contributed by atoms with Crippen LogP contribution in [0, 0.1) is 5.41 Å². The first-order valence-electron chi connectivity index (χ1n) is 7.02. The summed E-state index contributed by atoms with van der Waals surface area (Å²) in [4.78, 5) is 15.9. The largest absolute Gasteiger partial charge is 0.342 e. The number of carbonyl (C=O) groups excluding carboxylic acids is 1. The molecule has 0 N–H and O–H groups in total. The normalized spacial score (nSPS) is 32.3. The van der Waals surface area contributed by atoms with Crippen molar-refractivity contribution in [1.82, 2.24) is 9.80 Å². The van der Waals surface area contributed by atoms with Gasteiger partial charge in [0.15, 0.2) is 0 Å². The number of likely N-dealkylation sites (tertiary alicyclic amines) is 2. The average Bonchev–Trinajstić information content (AvgIpc) is 2.53. The molecule has 2 fully saturated rings. The van der Waals surface area contributed by atoms with E-state index in [-0.39, 0.29) is 24.4 Å². The summed E-state index contributed by atoms with van der Waals surface area (Å²) in [6.45, 7) is 9.14. The highest BCUT2D eigenvalue weighted by Gasteiger charge is 2.57. The number of hydrogen-bond donors (Lipinski definition) is 0. The Morgan fingerprint density at radius 3 is 2.37 bits per heavy atom. The summed E-state index contributed by atoms with van der Waals surface area (Å²) in [7, 11) is 0. The van der Waals surface area contributed by atoms with Crippen LogP contribution in [0.4, 0.5) is 8.78 Å². The predicted molar refractivity (Wildman–Crippen MR) is 70.2 cm³/mol. The SMILES string of the molecule is CCN1CCC2(CN(C(C)(C)C)CC(F)(F)C2)C1=O. The van der Waals surface area contributed by atoms with Gasteiger partial charge in [0.1, 0.15) is 0 Å². The molecule has 2 aliphatic heterocycles. The summed E-state index contributed by atoms with van der Waals surface area (Å²) in [6, 6.07) is 0. The molecule has 19 heavy (non-hydrogen) atoms. The van der Waals surface area contributed by atoms with Crippen LogP contribution in [0.25, 0.3) is 0 Å². The van der Waals surface area contributed by atoms with Crippen molar-refractivity contribution in [2.45, 2.75) is 52.0 Å². The first-order chi connectivity index (χ1) is 8.60. The first kappa shape index (κ1) is 14.7. The summed E-state index contributed by atoms with van der Waals surface area (Å²) in [5, 5.41) is 0. The van der Waals surface area contributed by atoms with Gasteiger partial charge in [-0.05, 0) is 34.1 Å². The first-order valence-corrected chi connectivity index (χ1v) is 7.02. The van der Waals surface area contributed by atoms with Gasteiger partial charge in [0, 0.05) is 31.6 Å². The Bertz CT molecular complexity index is 378. The molecule has 2 rings (SSSR count). The topological polar surface area (TPSA) is 23.6 Å². The van der Waals surface area contributed by atoms with E-state index in [1.807, 2.05) is 27.7 Å². The van der Waals surface area contributed by atoms with Crippen LogP contribution in [0.2, 0.25) is 0 Å². The third-order valence-corrected chi connectivity index (χ3v) is 4.44. The third-order valence-electron chi connectivity index (χ3n) is 4.44. The molecular weight excluding hydrogens is 250 g/mol. The van der Waals surface area contributed by atoms with E-state index in [1.54, 1.807) is 9.80 Å². The van der Waals surface area contributed by atoms with Gasteiger partial charge in [0.05, 0.1) is 12.0 Å². The molecule has 0 aromatic rings. The van der Waals surface area contributed by atoms with Crippen LogP contribution < -0.4 is 0 Å². The van der Waals surface area contributed by atoms with Gasteiger partial charge < -0.3 is 4.90 Å².